The molecule has 15 heavy (non-hydrogen) atoms. The lowest BCUT2D eigenvalue weighted by atomic mass is 10.1. The van der Waals surface area contributed by atoms with Crippen LogP contribution in [0, 0.1) is 6.92 Å². The molecule has 0 bridgehead atoms. The molecule has 0 amide bonds. The van der Waals surface area contributed by atoms with Crippen LogP contribution in [-0.2, 0) is 4.74 Å². The van der Waals surface area contributed by atoms with Gasteiger partial charge in [-0.1, -0.05) is 12.2 Å². The largest absolute Gasteiger partial charge is 0.383 e. The summed E-state index contributed by atoms with van der Waals surface area (Å²) in [7, 11) is 1.70. The van der Waals surface area contributed by atoms with E-state index in [1.54, 1.807) is 7.11 Å². The molecule has 1 heterocycles. The minimum Gasteiger partial charge on any atom is -0.383 e. The molecule has 0 saturated heterocycles. The van der Waals surface area contributed by atoms with E-state index in [0.29, 0.717) is 0 Å². The molecular formula is C12H18N2O. The van der Waals surface area contributed by atoms with Crippen LogP contribution in [0.5, 0.6) is 0 Å². The number of ether oxygens (including phenoxy) is 1. The molecule has 1 N–H and O–H groups in total. The van der Waals surface area contributed by atoms with Crippen LogP contribution >= 0.6 is 0 Å². The molecule has 0 saturated carbocycles. The van der Waals surface area contributed by atoms with Gasteiger partial charge in [-0.2, -0.15) is 0 Å². The molecule has 0 radical (unpaired) electrons. The Morgan fingerprint density at radius 2 is 2.40 bits per heavy atom. The lowest BCUT2D eigenvalue weighted by Gasteiger charge is -2.00. The van der Waals surface area contributed by atoms with E-state index in [-0.39, 0.29) is 0 Å². The zero-order chi connectivity index (χ0) is 10.9. The van der Waals surface area contributed by atoms with Gasteiger partial charge in [-0.25, -0.2) is 0 Å². The third-order valence-electron chi connectivity index (χ3n) is 2.12. The van der Waals surface area contributed by atoms with Crippen molar-refractivity contribution < 1.29 is 4.74 Å². The van der Waals surface area contributed by atoms with Crippen molar-refractivity contribution in [3.8, 4) is 0 Å². The number of nitrogens with one attached hydrogen (secondary N) is 1. The number of hydrogen-bond acceptors (Lipinski definition) is 3. The van der Waals surface area contributed by atoms with Gasteiger partial charge in [-0.15, -0.1) is 0 Å². The monoisotopic (exact) mass is 206 g/mol. The van der Waals surface area contributed by atoms with Gasteiger partial charge in [0.15, 0.2) is 0 Å². The van der Waals surface area contributed by atoms with Crippen molar-refractivity contribution in [2.45, 2.75) is 6.92 Å². The molecule has 3 nitrogen and oxygen atoms in total. The Kier molecular flexibility index (Phi) is 5.66. The number of hydrogen-bond donors (Lipinski definition) is 1. The van der Waals surface area contributed by atoms with Crippen molar-refractivity contribution in [1.82, 2.24) is 10.3 Å². The van der Waals surface area contributed by atoms with E-state index in [4.69, 9.17) is 4.74 Å². The molecule has 0 fully saturated rings. The summed E-state index contributed by atoms with van der Waals surface area (Å²) < 4.78 is 4.93. The third kappa shape index (κ3) is 4.72. The first-order valence-corrected chi connectivity index (χ1v) is 5.11. The molecular weight excluding hydrogens is 188 g/mol. The van der Waals surface area contributed by atoms with E-state index >= 15 is 0 Å². The highest BCUT2D eigenvalue weighted by molar-refractivity contribution is 5.51. The number of rotatable bonds is 6. The maximum Gasteiger partial charge on any atom is 0.0587 e. The van der Waals surface area contributed by atoms with E-state index in [2.05, 4.69) is 29.4 Å². The molecule has 0 spiro atoms. The van der Waals surface area contributed by atoms with Gasteiger partial charge in [0.1, 0.15) is 0 Å². The number of aryl methyl sites for hydroxylation is 1. The van der Waals surface area contributed by atoms with Crippen LogP contribution in [0.1, 0.15) is 11.1 Å². The Morgan fingerprint density at radius 1 is 1.53 bits per heavy atom. The standard InChI is InChI=1S/C12H18N2O/c1-11-5-7-14-10-12(11)4-3-6-13-8-9-15-2/h3-5,7,10,13H,6,8-9H2,1-2H3/b4-3+. The number of methoxy groups -OCH3 is 1. The van der Waals surface area contributed by atoms with Crippen molar-refractivity contribution in [1.29, 1.82) is 0 Å². The summed E-state index contributed by atoms with van der Waals surface area (Å²) >= 11 is 0. The maximum atomic E-state index is 4.93. The van der Waals surface area contributed by atoms with Gasteiger partial charge >= 0.3 is 0 Å². The highest BCUT2D eigenvalue weighted by Gasteiger charge is 1.90. The summed E-state index contributed by atoms with van der Waals surface area (Å²) in [5.41, 5.74) is 2.42. The Bertz CT molecular complexity index is 310. The molecule has 0 aliphatic carbocycles. The van der Waals surface area contributed by atoms with Crippen LogP contribution < -0.4 is 5.32 Å². The fourth-order valence-electron chi connectivity index (χ4n) is 1.20. The zero-order valence-electron chi connectivity index (χ0n) is 9.36. The van der Waals surface area contributed by atoms with Crippen LogP contribution in [0.4, 0.5) is 0 Å². The molecule has 0 unspecified atom stereocenters. The molecule has 0 aromatic carbocycles. The zero-order valence-corrected chi connectivity index (χ0v) is 9.36. The second kappa shape index (κ2) is 7.15. The van der Waals surface area contributed by atoms with Gasteiger partial charge in [0.25, 0.3) is 0 Å². The summed E-state index contributed by atoms with van der Waals surface area (Å²) in [4.78, 5) is 4.08. The van der Waals surface area contributed by atoms with Gasteiger partial charge in [0.2, 0.25) is 0 Å². The molecule has 1 aromatic rings. The van der Waals surface area contributed by atoms with Gasteiger partial charge in [-0.3, -0.25) is 4.98 Å². The average Bonchev–Trinajstić information content (AvgIpc) is 2.25. The molecule has 1 rings (SSSR count). The predicted octanol–water partition coefficient (Wildman–Crippen LogP) is 1.64. The van der Waals surface area contributed by atoms with Crippen molar-refractivity contribution >= 4 is 6.08 Å². The minimum atomic E-state index is 0.750. The topological polar surface area (TPSA) is 34.1 Å². The lowest BCUT2D eigenvalue weighted by molar-refractivity contribution is 0.200. The average molecular weight is 206 g/mol. The highest BCUT2D eigenvalue weighted by Crippen LogP contribution is 2.06. The Hall–Kier alpha value is -1.19. The molecule has 0 aliphatic heterocycles. The summed E-state index contributed by atoms with van der Waals surface area (Å²) in [6.07, 6.45) is 7.87. The quantitative estimate of drug-likeness (QED) is 0.718. The van der Waals surface area contributed by atoms with Gasteiger partial charge in [0, 0.05) is 32.6 Å². The molecule has 3 heteroatoms. The number of pyridine rings is 1. The van der Waals surface area contributed by atoms with Gasteiger partial charge in [0.05, 0.1) is 6.61 Å². The van der Waals surface area contributed by atoms with Crippen LogP contribution in [0.25, 0.3) is 6.08 Å². The van der Waals surface area contributed by atoms with Crippen molar-refractivity contribution in [3.05, 3.63) is 35.7 Å². The van der Waals surface area contributed by atoms with Gasteiger partial charge in [-0.05, 0) is 24.1 Å². The SMILES string of the molecule is COCCNC/C=C/c1cnccc1C. The van der Waals surface area contributed by atoms with E-state index in [9.17, 15) is 0 Å². The predicted molar refractivity (Wildman–Crippen MR) is 62.8 cm³/mol. The molecule has 82 valence electrons. The molecule has 0 aliphatic rings. The summed E-state index contributed by atoms with van der Waals surface area (Å²) in [5, 5.41) is 3.24. The fourth-order valence-corrected chi connectivity index (χ4v) is 1.20. The van der Waals surface area contributed by atoms with E-state index in [1.807, 2.05) is 18.5 Å². The van der Waals surface area contributed by atoms with Crippen LogP contribution in [0.15, 0.2) is 24.5 Å². The first-order chi connectivity index (χ1) is 7.34. The van der Waals surface area contributed by atoms with Gasteiger partial charge < -0.3 is 10.1 Å². The maximum absolute atomic E-state index is 4.93. The summed E-state index contributed by atoms with van der Waals surface area (Å²) in [5.74, 6) is 0. The Balaban J connectivity index is 2.29. The Labute approximate surface area is 91.2 Å². The van der Waals surface area contributed by atoms with E-state index in [1.165, 1.54) is 11.1 Å². The summed E-state index contributed by atoms with van der Waals surface area (Å²) in [6, 6.07) is 2.01. The van der Waals surface area contributed by atoms with Crippen molar-refractivity contribution in [3.63, 3.8) is 0 Å². The molecule has 0 atom stereocenters. The number of nitrogens with zero attached hydrogens (tertiary/aromatic N) is 1. The first kappa shape index (κ1) is 11.9. The molecule has 1 aromatic heterocycles. The fraction of sp³-hybridized carbons (Fsp3) is 0.417. The van der Waals surface area contributed by atoms with Crippen molar-refractivity contribution in [2.75, 3.05) is 26.8 Å². The van der Waals surface area contributed by atoms with E-state index in [0.717, 1.165) is 19.7 Å². The van der Waals surface area contributed by atoms with Crippen LogP contribution in [0.3, 0.4) is 0 Å². The van der Waals surface area contributed by atoms with Crippen molar-refractivity contribution in [2.24, 2.45) is 0 Å². The second-order valence-corrected chi connectivity index (χ2v) is 3.33. The summed E-state index contributed by atoms with van der Waals surface area (Å²) in [6.45, 7) is 4.57. The van der Waals surface area contributed by atoms with Crippen LogP contribution in [-0.4, -0.2) is 31.8 Å². The van der Waals surface area contributed by atoms with Crippen LogP contribution in [0.2, 0.25) is 0 Å². The number of aromatic nitrogens is 1. The smallest absolute Gasteiger partial charge is 0.0587 e. The second-order valence-electron chi connectivity index (χ2n) is 3.33. The van der Waals surface area contributed by atoms with E-state index < -0.39 is 0 Å². The minimum absolute atomic E-state index is 0.750. The lowest BCUT2D eigenvalue weighted by Crippen LogP contribution is -2.18. The Morgan fingerprint density at radius 3 is 3.13 bits per heavy atom. The third-order valence-corrected chi connectivity index (χ3v) is 2.12. The normalized spacial score (nSPS) is 11.1. The highest BCUT2D eigenvalue weighted by atomic mass is 16.5. The first-order valence-electron chi connectivity index (χ1n) is 5.11.